The summed E-state index contributed by atoms with van der Waals surface area (Å²) in [4.78, 5) is 19.9. The number of amides is 1. The normalized spacial score (nSPS) is 11.5. The van der Waals surface area contributed by atoms with Crippen LogP contribution in [0.3, 0.4) is 0 Å². The third-order valence-corrected chi connectivity index (χ3v) is 5.59. The molecule has 0 spiro atoms. The van der Waals surface area contributed by atoms with Crippen LogP contribution >= 0.6 is 15.9 Å². The number of para-hydroxylation sites is 2. The molecule has 0 radical (unpaired) electrons. The first-order valence-electron chi connectivity index (χ1n) is 10.3. The molecule has 0 aliphatic rings. The van der Waals surface area contributed by atoms with Gasteiger partial charge in [-0.3, -0.25) is 14.8 Å². The van der Waals surface area contributed by atoms with E-state index in [0.717, 1.165) is 41.7 Å². The van der Waals surface area contributed by atoms with Gasteiger partial charge in [-0.1, -0.05) is 26.0 Å². The van der Waals surface area contributed by atoms with E-state index in [1.165, 1.54) is 0 Å². The largest absolute Gasteiger partial charge is 0.309 e. The molecule has 0 unspecified atom stereocenters. The first-order chi connectivity index (χ1) is 15.1. The van der Waals surface area contributed by atoms with E-state index in [1.54, 1.807) is 27.8 Å². The Balaban J connectivity index is 1.52. The summed E-state index contributed by atoms with van der Waals surface area (Å²) >= 11 is 3.37. The number of halogens is 1. The number of benzene rings is 1. The lowest BCUT2D eigenvalue weighted by Gasteiger charge is -2.19. The summed E-state index contributed by atoms with van der Waals surface area (Å²) in [6.07, 6.45) is 5.31. The molecule has 0 atom stereocenters. The number of hydrogen-bond acceptors (Lipinski definition) is 5. The van der Waals surface area contributed by atoms with E-state index in [2.05, 4.69) is 59.7 Å². The van der Waals surface area contributed by atoms with E-state index in [1.807, 2.05) is 30.5 Å². The van der Waals surface area contributed by atoms with Crippen LogP contribution in [-0.4, -0.2) is 59.6 Å². The number of fused-ring (bicyclic) bond motifs is 1. The van der Waals surface area contributed by atoms with Crippen molar-refractivity contribution in [2.45, 2.75) is 27.1 Å². The summed E-state index contributed by atoms with van der Waals surface area (Å²) in [6, 6.07) is 9.60. The van der Waals surface area contributed by atoms with Gasteiger partial charge in [0.15, 0.2) is 5.69 Å². The average molecular weight is 485 g/mol. The molecular weight excluding hydrogens is 460 g/mol. The van der Waals surface area contributed by atoms with Crippen LogP contribution in [-0.2, 0) is 13.2 Å². The van der Waals surface area contributed by atoms with Gasteiger partial charge in [-0.15, -0.1) is 0 Å². The van der Waals surface area contributed by atoms with E-state index in [-0.39, 0.29) is 5.91 Å². The van der Waals surface area contributed by atoms with E-state index in [9.17, 15) is 4.79 Å². The summed E-state index contributed by atoms with van der Waals surface area (Å²) in [5.41, 5.74) is 2.18. The number of anilines is 1. The van der Waals surface area contributed by atoms with Crippen molar-refractivity contribution in [3.63, 3.8) is 0 Å². The highest BCUT2D eigenvalue weighted by atomic mass is 79.9. The highest BCUT2D eigenvalue weighted by molar-refractivity contribution is 9.10. The lowest BCUT2D eigenvalue weighted by atomic mass is 10.3. The van der Waals surface area contributed by atoms with Gasteiger partial charge in [-0.25, -0.2) is 9.67 Å². The summed E-state index contributed by atoms with van der Waals surface area (Å²) < 4.78 is 6.34. The van der Waals surface area contributed by atoms with Crippen molar-refractivity contribution < 1.29 is 4.79 Å². The van der Waals surface area contributed by atoms with Crippen LogP contribution in [0, 0.1) is 0 Å². The van der Waals surface area contributed by atoms with Crippen LogP contribution in [0.1, 0.15) is 24.3 Å². The zero-order valence-electron chi connectivity index (χ0n) is 17.6. The molecule has 10 heteroatoms. The van der Waals surface area contributed by atoms with Crippen LogP contribution in [0.5, 0.6) is 0 Å². The fourth-order valence-corrected chi connectivity index (χ4v) is 3.80. The van der Waals surface area contributed by atoms with Crippen LogP contribution in [0.4, 0.5) is 5.95 Å². The van der Waals surface area contributed by atoms with Crippen molar-refractivity contribution >= 4 is 38.8 Å². The van der Waals surface area contributed by atoms with Crippen molar-refractivity contribution in [3.05, 3.63) is 59.1 Å². The average Bonchev–Trinajstić information content (AvgIpc) is 3.48. The number of carbonyl (C=O) groups excluding carboxylic acids is 1. The number of nitrogens with zero attached hydrogens (tertiary/aromatic N) is 7. The molecule has 0 saturated carbocycles. The molecular formula is C21H25BrN8O. The SMILES string of the molecule is CCN(CC)CCn1c(NC(=O)c2ccn(Cn3cc(Br)cn3)n2)nc2ccccc21. The smallest absolute Gasteiger partial charge is 0.278 e. The Labute approximate surface area is 188 Å². The number of hydrogen-bond donors (Lipinski definition) is 1. The summed E-state index contributed by atoms with van der Waals surface area (Å²) in [5, 5.41) is 11.5. The van der Waals surface area contributed by atoms with Gasteiger partial charge in [-0.05, 0) is 47.2 Å². The van der Waals surface area contributed by atoms with E-state index in [0.29, 0.717) is 18.3 Å². The molecule has 1 amide bonds. The first kappa shape index (κ1) is 21.3. The lowest BCUT2D eigenvalue weighted by Crippen LogP contribution is -2.27. The van der Waals surface area contributed by atoms with Gasteiger partial charge in [0.2, 0.25) is 5.95 Å². The molecule has 0 fully saturated rings. The van der Waals surface area contributed by atoms with Gasteiger partial charge in [0.1, 0.15) is 6.67 Å². The minimum Gasteiger partial charge on any atom is -0.309 e. The predicted molar refractivity (Wildman–Crippen MR) is 123 cm³/mol. The Hall–Kier alpha value is -2.98. The zero-order chi connectivity index (χ0) is 21.8. The topological polar surface area (TPSA) is 85.8 Å². The second-order valence-electron chi connectivity index (χ2n) is 7.14. The van der Waals surface area contributed by atoms with E-state index < -0.39 is 0 Å². The van der Waals surface area contributed by atoms with Crippen molar-refractivity contribution in [1.82, 2.24) is 34.0 Å². The second-order valence-corrected chi connectivity index (χ2v) is 8.05. The van der Waals surface area contributed by atoms with E-state index >= 15 is 0 Å². The molecule has 1 aromatic carbocycles. The Bertz CT molecular complexity index is 1170. The van der Waals surface area contributed by atoms with Gasteiger partial charge in [0.05, 0.1) is 21.7 Å². The Kier molecular flexibility index (Phi) is 6.47. The van der Waals surface area contributed by atoms with Gasteiger partial charge >= 0.3 is 0 Å². The molecule has 0 saturated heterocycles. The summed E-state index contributed by atoms with van der Waals surface area (Å²) in [5.74, 6) is 0.240. The van der Waals surface area contributed by atoms with Crippen LogP contribution in [0.15, 0.2) is 53.4 Å². The monoisotopic (exact) mass is 484 g/mol. The Morgan fingerprint density at radius 2 is 1.97 bits per heavy atom. The van der Waals surface area contributed by atoms with Gasteiger partial charge < -0.3 is 9.47 Å². The number of aromatic nitrogens is 6. The maximum atomic E-state index is 12.9. The van der Waals surface area contributed by atoms with Gasteiger partial charge in [0, 0.05) is 25.5 Å². The highest BCUT2D eigenvalue weighted by Gasteiger charge is 2.16. The standard InChI is InChI=1S/C21H25BrN8O/c1-3-27(4-2)11-12-30-19-8-6-5-7-17(19)24-21(30)25-20(31)18-9-10-28(26-18)15-29-14-16(22)13-23-29/h5-10,13-14H,3-4,11-12,15H2,1-2H3,(H,24,25,31). The Morgan fingerprint density at radius 1 is 1.16 bits per heavy atom. The van der Waals surface area contributed by atoms with Gasteiger partial charge in [-0.2, -0.15) is 10.2 Å². The van der Waals surface area contributed by atoms with E-state index in [4.69, 9.17) is 0 Å². The van der Waals surface area contributed by atoms with Crippen molar-refractivity contribution in [2.75, 3.05) is 25.0 Å². The fourth-order valence-electron chi connectivity index (χ4n) is 3.47. The van der Waals surface area contributed by atoms with Crippen molar-refractivity contribution in [3.8, 4) is 0 Å². The molecule has 4 rings (SSSR count). The molecule has 0 aliphatic carbocycles. The zero-order valence-corrected chi connectivity index (χ0v) is 19.2. The molecule has 9 nitrogen and oxygen atoms in total. The maximum absolute atomic E-state index is 12.9. The van der Waals surface area contributed by atoms with Crippen LogP contribution < -0.4 is 5.32 Å². The molecule has 1 N–H and O–H groups in total. The maximum Gasteiger partial charge on any atom is 0.278 e. The summed E-state index contributed by atoms with van der Waals surface area (Å²) in [6.45, 7) is 8.29. The number of carbonyl (C=O) groups is 1. The van der Waals surface area contributed by atoms with Crippen LogP contribution in [0.25, 0.3) is 11.0 Å². The predicted octanol–water partition coefficient (Wildman–Crippen LogP) is 3.29. The first-order valence-corrected chi connectivity index (χ1v) is 11.1. The molecule has 31 heavy (non-hydrogen) atoms. The van der Waals surface area contributed by atoms with Crippen molar-refractivity contribution in [2.24, 2.45) is 0 Å². The summed E-state index contributed by atoms with van der Waals surface area (Å²) in [7, 11) is 0. The molecule has 3 aromatic heterocycles. The molecule has 4 aromatic rings. The number of imidazole rings is 1. The lowest BCUT2D eigenvalue weighted by molar-refractivity contribution is 0.102. The third kappa shape index (κ3) is 4.86. The molecule has 0 aliphatic heterocycles. The van der Waals surface area contributed by atoms with Crippen molar-refractivity contribution in [1.29, 1.82) is 0 Å². The molecule has 3 heterocycles. The second kappa shape index (κ2) is 9.44. The minimum absolute atomic E-state index is 0.292. The van der Waals surface area contributed by atoms with Crippen LogP contribution in [0.2, 0.25) is 0 Å². The van der Waals surface area contributed by atoms with Gasteiger partial charge in [0.25, 0.3) is 5.91 Å². The fraction of sp³-hybridized carbons (Fsp3) is 0.333. The number of likely N-dealkylation sites (N-methyl/N-ethyl adjacent to an activating group) is 1. The Morgan fingerprint density at radius 3 is 2.71 bits per heavy atom. The quantitative estimate of drug-likeness (QED) is 0.393. The number of nitrogens with one attached hydrogen (secondary N) is 1. The highest BCUT2D eigenvalue weighted by Crippen LogP contribution is 2.20. The third-order valence-electron chi connectivity index (χ3n) is 5.18. The molecule has 0 bridgehead atoms. The molecule has 162 valence electrons. The number of rotatable bonds is 9. The minimum atomic E-state index is -0.292.